The van der Waals surface area contributed by atoms with Gasteiger partial charge in [-0.3, -0.25) is 4.79 Å². The molecule has 0 bridgehead atoms. The van der Waals surface area contributed by atoms with Crippen LogP contribution in [0.3, 0.4) is 0 Å². The Labute approximate surface area is 122 Å². The number of ether oxygens (including phenoxy) is 1. The van der Waals surface area contributed by atoms with Crippen molar-refractivity contribution in [3.8, 4) is 0 Å². The summed E-state index contributed by atoms with van der Waals surface area (Å²) in [5.41, 5.74) is 2.56. The molecule has 1 amide bonds. The summed E-state index contributed by atoms with van der Waals surface area (Å²) in [7, 11) is 0. The van der Waals surface area contributed by atoms with E-state index in [0.29, 0.717) is 19.1 Å². The lowest BCUT2D eigenvalue weighted by Gasteiger charge is -2.09. The minimum absolute atomic E-state index is 0.114. The summed E-state index contributed by atoms with van der Waals surface area (Å²) in [4.78, 5) is 10.9. The Balaban J connectivity index is 2.13. The maximum Gasteiger partial charge on any atom is 0.243 e. The molecule has 0 radical (unpaired) electrons. The molecule has 0 spiro atoms. The number of benzene rings is 1. The molecule has 0 atom stereocenters. The van der Waals surface area contributed by atoms with Crippen molar-refractivity contribution in [2.24, 2.45) is 0 Å². The topological polar surface area (TPSA) is 38.3 Å². The second-order valence-electron chi connectivity index (χ2n) is 5.15. The predicted molar refractivity (Wildman–Crippen MR) is 82.6 cm³/mol. The summed E-state index contributed by atoms with van der Waals surface area (Å²) >= 11 is 0. The number of hydrogen-bond donors (Lipinski definition) is 1. The Hall–Kier alpha value is -1.61. The zero-order chi connectivity index (χ0) is 14.8. The minimum atomic E-state index is -0.114. The maximum absolute atomic E-state index is 10.9. The highest BCUT2D eigenvalue weighted by Crippen LogP contribution is 2.16. The molecule has 3 nitrogen and oxygen atoms in total. The van der Waals surface area contributed by atoms with E-state index < -0.39 is 0 Å². The zero-order valence-electron chi connectivity index (χ0n) is 12.5. The Morgan fingerprint density at radius 3 is 2.90 bits per heavy atom. The van der Waals surface area contributed by atoms with Crippen LogP contribution in [0.5, 0.6) is 0 Å². The summed E-state index contributed by atoms with van der Waals surface area (Å²) in [6.45, 7) is 9.84. The molecule has 0 fully saturated rings. The first kappa shape index (κ1) is 16.4. The average molecular weight is 275 g/mol. The number of carbonyl (C=O) groups is 1. The van der Waals surface area contributed by atoms with Crippen LogP contribution in [0, 0.1) is 0 Å². The minimum Gasteiger partial charge on any atom is -0.377 e. The van der Waals surface area contributed by atoms with Crippen LogP contribution < -0.4 is 5.32 Å². The van der Waals surface area contributed by atoms with Crippen molar-refractivity contribution < 1.29 is 9.53 Å². The number of amides is 1. The van der Waals surface area contributed by atoms with E-state index in [2.05, 4.69) is 50.0 Å². The molecule has 0 unspecified atom stereocenters. The zero-order valence-corrected chi connectivity index (χ0v) is 12.5. The molecule has 20 heavy (non-hydrogen) atoms. The summed E-state index contributed by atoms with van der Waals surface area (Å²) in [6, 6.07) is 8.53. The van der Waals surface area contributed by atoms with Crippen LogP contribution in [0.25, 0.3) is 0 Å². The molecule has 0 saturated heterocycles. The molecule has 3 heteroatoms. The molecular weight excluding hydrogens is 250 g/mol. The van der Waals surface area contributed by atoms with Crippen molar-refractivity contribution in [1.82, 2.24) is 5.32 Å². The second kappa shape index (κ2) is 9.32. The first-order chi connectivity index (χ1) is 9.63. The summed E-state index contributed by atoms with van der Waals surface area (Å²) < 4.78 is 5.65. The van der Waals surface area contributed by atoms with Crippen molar-refractivity contribution in [3.63, 3.8) is 0 Å². The Morgan fingerprint density at radius 1 is 1.40 bits per heavy atom. The number of unbranched alkanes of at least 4 members (excludes halogenated alkanes) is 1. The van der Waals surface area contributed by atoms with Crippen LogP contribution in [0.4, 0.5) is 0 Å². The standard InChI is InChI=1S/C17H25NO2/c1-4-17(19)18-10-5-6-11-20-13-15-8-7-9-16(12-15)14(2)3/h4,7-9,12,14H,1,5-6,10-11,13H2,2-3H3,(H,18,19). The quantitative estimate of drug-likeness (QED) is 0.554. The van der Waals surface area contributed by atoms with Gasteiger partial charge in [0.2, 0.25) is 5.91 Å². The largest absolute Gasteiger partial charge is 0.377 e. The van der Waals surface area contributed by atoms with E-state index in [1.807, 2.05) is 0 Å². The first-order valence-electron chi connectivity index (χ1n) is 7.20. The summed E-state index contributed by atoms with van der Waals surface area (Å²) in [6.07, 6.45) is 3.16. The van der Waals surface area contributed by atoms with Gasteiger partial charge < -0.3 is 10.1 Å². The molecule has 0 heterocycles. The molecule has 0 aliphatic heterocycles. The Bertz CT molecular complexity index is 427. The normalized spacial score (nSPS) is 10.6. The molecule has 1 rings (SSSR count). The van der Waals surface area contributed by atoms with Crippen molar-refractivity contribution >= 4 is 5.91 Å². The molecular formula is C17H25NO2. The van der Waals surface area contributed by atoms with Gasteiger partial charge in [0, 0.05) is 13.2 Å². The van der Waals surface area contributed by atoms with Crippen LogP contribution >= 0.6 is 0 Å². The van der Waals surface area contributed by atoms with E-state index in [1.54, 1.807) is 0 Å². The van der Waals surface area contributed by atoms with Crippen molar-refractivity contribution in [2.45, 2.75) is 39.2 Å². The van der Waals surface area contributed by atoms with Crippen molar-refractivity contribution in [1.29, 1.82) is 0 Å². The van der Waals surface area contributed by atoms with Gasteiger partial charge in [0.1, 0.15) is 0 Å². The van der Waals surface area contributed by atoms with Gasteiger partial charge in [0.05, 0.1) is 6.61 Å². The molecule has 1 N–H and O–H groups in total. The van der Waals surface area contributed by atoms with E-state index in [-0.39, 0.29) is 5.91 Å². The third-order valence-electron chi connectivity index (χ3n) is 3.09. The van der Waals surface area contributed by atoms with Crippen LogP contribution in [0.15, 0.2) is 36.9 Å². The first-order valence-corrected chi connectivity index (χ1v) is 7.20. The van der Waals surface area contributed by atoms with Gasteiger partial charge in [-0.1, -0.05) is 44.7 Å². The Morgan fingerprint density at radius 2 is 2.20 bits per heavy atom. The van der Waals surface area contributed by atoms with Gasteiger partial charge in [-0.2, -0.15) is 0 Å². The molecule has 0 aromatic heterocycles. The molecule has 0 aliphatic rings. The van der Waals surface area contributed by atoms with Gasteiger partial charge in [-0.25, -0.2) is 0 Å². The van der Waals surface area contributed by atoms with Crippen LogP contribution in [-0.2, 0) is 16.1 Å². The highest BCUT2D eigenvalue weighted by Gasteiger charge is 2.00. The lowest BCUT2D eigenvalue weighted by atomic mass is 10.0. The number of carbonyl (C=O) groups excluding carboxylic acids is 1. The molecule has 110 valence electrons. The predicted octanol–water partition coefficient (Wildman–Crippen LogP) is 3.41. The average Bonchev–Trinajstić information content (AvgIpc) is 2.46. The highest BCUT2D eigenvalue weighted by molar-refractivity contribution is 5.86. The number of hydrogen-bond acceptors (Lipinski definition) is 2. The SMILES string of the molecule is C=CC(=O)NCCCCOCc1cccc(C(C)C)c1. The summed E-state index contributed by atoms with van der Waals surface area (Å²) in [5, 5.41) is 2.75. The highest BCUT2D eigenvalue weighted by atomic mass is 16.5. The van der Waals surface area contributed by atoms with Gasteiger partial charge in [0.25, 0.3) is 0 Å². The third-order valence-corrected chi connectivity index (χ3v) is 3.09. The maximum atomic E-state index is 10.9. The molecule has 0 saturated carbocycles. The fourth-order valence-corrected chi connectivity index (χ4v) is 1.84. The smallest absolute Gasteiger partial charge is 0.243 e. The van der Waals surface area contributed by atoms with Crippen LogP contribution in [0.1, 0.15) is 43.7 Å². The summed E-state index contributed by atoms with van der Waals surface area (Å²) in [5.74, 6) is 0.430. The monoisotopic (exact) mass is 275 g/mol. The van der Waals surface area contributed by atoms with E-state index in [4.69, 9.17) is 4.74 Å². The van der Waals surface area contributed by atoms with E-state index in [9.17, 15) is 4.79 Å². The van der Waals surface area contributed by atoms with Gasteiger partial charge >= 0.3 is 0 Å². The van der Waals surface area contributed by atoms with E-state index in [1.165, 1.54) is 17.2 Å². The second-order valence-corrected chi connectivity index (χ2v) is 5.15. The number of rotatable bonds is 9. The number of nitrogens with one attached hydrogen (secondary N) is 1. The van der Waals surface area contributed by atoms with Crippen molar-refractivity contribution in [2.75, 3.05) is 13.2 Å². The van der Waals surface area contributed by atoms with Gasteiger partial charge in [0.15, 0.2) is 0 Å². The van der Waals surface area contributed by atoms with Gasteiger partial charge in [-0.15, -0.1) is 0 Å². The van der Waals surface area contributed by atoms with Crippen LogP contribution in [0.2, 0.25) is 0 Å². The lowest BCUT2D eigenvalue weighted by molar-refractivity contribution is -0.116. The molecule has 1 aromatic carbocycles. The molecule has 1 aromatic rings. The Kier molecular flexibility index (Phi) is 7.66. The molecule has 0 aliphatic carbocycles. The van der Waals surface area contributed by atoms with Crippen molar-refractivity contribution in [3.05, 3.63) is 48.0 Å². The fraction of sp³-hybridized carbons (Fsp3) is 0.471. The van der Waals surface area contributed by atoms with E-state index in [0.717, 1.165) is 19.4 Å². The van der Waals surface area contributed by atoms with Crippen LogP contribution in [-0.4, -0.2) is 19.1 Å². The van der Waals surface area contributed by atoms with E-state index >= 15 is 0 Å². The fourth-order valence-electron chi connectivity index (χ4n) is 1.84. The third kappa shape index (κ3) is 6.53. The van der Waals surface area contributed by atoms with Gasteiger partial charge in [-0.05, 0) is 36.0 Å². The lowest BCUT2D eigenvalue weighted by Crippen LogP contribution is -2.22.